The molecule has 2 N–H and O–H groups in total. The Morgan fingerprint density at radius 2 is 2.04 bits per heavy atom. The van der Waals surface area contributed by atoms with Crippen LogP contribution in [-0.4, -0.2) is 26.0 Å². The Balaban J connectivity index is 1.96. The Morgan fingerprint density at radius 1 is 1.17 bits per heavy atom. The van der Waals surface area contributed by atoms with Gasteiger partial charge in [-0.2, -0.15) is 0 Å². The second-order valence-electron chi connectivity index (χ2n) is 5.17. The predicted octanol–water partition coefficient (Wildman–Crippen LogP) is 3.54. The molecule has 6 heteroatoms. The van der Waals surface area contributed by atoms with Crippen molar-refractivity contribution in [1.29, 1.82) is 0 Å². The van der Waals surface area contributed by atoms with E-state index < -0.39 is 5.97 Å². The molecule has 2 heterocycles. The molecule has 120 valence electrons. The van der Waals surface area contributed by atoms with Gasteiger partial charge in [-0.25, -0.2) is 14.8 Å². The highest BCUT2D eigenvalue weighted by molar-refractivity contribution is 5.89. The summed E-state index contributed by atoms with van der Waals surface area (Å²) in [5, 5.41) is 12.2. The van der Waals surface area contributed by atoms with Crippen LogP contribution in [0.3, 0.4) is 0 Å². The van der Waals surface area contributed by atoms with Gasteiger partial charge in [-0.15, -0.1) is 0 Å². The number of aryl methyl sites for hydroxylation is 1. The Kier molecular flexibility index (Phi) is 4.47. The molecule has 6 nitrogen and oxygen atoms in total. The van der Waals surface area contributed by atoms with E-state index in [1.54, 1.807) is 36.7 Å². The monoisotopic (exact) mass is 320 g/mol. The van der Waals surface area contributed by atoms with Crippen molar-refractivity contribution in [3.05, 3.63) is 66.1 Å². The van der Waals surface area contributed by atoms with Crippen LogP contribution in [0.4, 0.5) is 11.5 Å². The van der Waals surface area contributed by atoms with E-state index in [-0.39, 0.29) is 5.56 Å². The molecule has 0 atom stereocenters. The summed E-state index contributed by atoms with van der Waals surface area (Å²) in [7, 11) is 0. The van der Waals surface area contributed by atoms with Gasteiger partial charge in [0.05, 0.1) is 5.56 Å². The minimum Gasteiger partial charge on any atom is -0.478 e. The van der Waals surface area contributed by atoms with Crippen LogP contribution in [0, 0.1) is 0 Å². The molecule has 0 aliphatic rings. The van der Waals surface area contributed by atoms with Gasteiger partial charge in [-0.1, -0.05) is 13.0 Å². The van der Waals surface area contributed by atoms with Crippen molar-refractivity contribution >= 4 is 17.5 Å². The molecule has 0 bridgehead atoms. The normalized spacial score (nSPS) is 10.4. The smallest absolute Gasteiger partial charge is 0.335 e. The fourth-order valence-corrected chi connectivity index (χ4v) is 2.24. The van der Waals surface area contributed by atoms with E-state index in [1.807, 2.05) is 25.1 Å². The van der Waals surface area contributed by atoms with E-state index in [1.165, 1.54) is 0 Å². The van der Waals surface area contributed by atoms with Crippen LogP contribution >= 0.6 is 0 Å². The highest BCUT2D eigenvalue weighted by Crippen LogP contribution is 2.21. The molecule has 0 unspecified atom stereocenters. The molecule has 0 aliphatic carbocycles. The zero-order valence-corrected chi connectivity index (χ0v) is 13.1. The van der Waals surface area contributed by atoms with Crippen LogP contribution < -0.4 is 5.32 Å². The number of aromatic nitrogens is 3. The van der Waals surface area contributed by atoms with Gasteiger partial charge in [0, 0.05) is 35.4 Å². The van der Waals surface area contributed by atoms with Gasteiger partial charge in [0.15, 0.2) is 5.82 Å². The number of carboxylic acid groups (broad SMARTS) is 1. The molecule has 0 saturated carbocycles. The molecule has 0 radical (unpaired) electrons. The molecule has 0 amide bonds. The number of hydrogen-bond acceptors (Lipinski definition) is 5. The lowest BCUT2D eigenvalue weighted by Crippen LogP contribution is -2.02. The van der Waals surface area contributed by atoms with Crippen molar-refractivity contribution < 1.29 is 9.90 Å². The number of aromatic carboxylic acids is 1. The summed E-state index contributed by atoms with van der Waals surface area (Å²) >= 11 is 0. The van der Waals surface area contributed by atoms with Gasteiger partial charge in [-0.05, 0) is 36.8 Å². The zero-order valence-electron chi connectivity index (χ0n) is 13.1. The zero-order chi connectivity index (χ0) is 16.9. The quantitative estimate of drug-likeness (QED) is 0.747. The molecule has 1 aromatic carbocycles. The minimum absolute atomic E-state index is 0.220. The van der Waals surface area contributed by atoms with E-state index in [0.29, 0.717) is 17.3 Å². The molecule has 3 aromatic rings. The first-order chi connectivity index (χ1) is 11.7. The largest absolute Gasteiger partial charge is 0.478 e. The van der Waals surface area contributed by atoms with Gasteiger partial charge in [-0.3, -0.25) is 4.98 Å². The topological polar surface area (TPSA) is 88.0 Å². The standard InChI is InChI=1S/C18H16N4O2/c1-2-14-10-16(20-15-7-3-5-12(9-15)18(23)24)22-17(21-14)13-6-4-8-19-11-13/h3-11H,2H2,1H3,(H,23,24)(H,20,21,22). The van der Waals surface area contributed by atoms with Gasteiger partial charge in [0.2, 0.25) is 0 Å². The maximum Gasteiger partial charge on any atom is 0.335 e. The van der Waals surface area contributed by atoms with Crippen LogP contribution in [0.25, 0.3) is 11.4 Å². The van der Waals surface area contributed by atoms with Crippen molar-refractivity contribution in [2.75, 3.05) is 5.32 Å². The lowest BCUT2D eigenvalue weighted by atomic mass is 10.2. The number of anilines is 2. The number of carbonyl (C=O) groups is 1. The highest BCUT2D eigenvalue weighted by atomic mass is 16.4. The summed E-state index contributed by atoms with van der Waals surface area (Å²) in [6.07, 6.45) is 4.17. The van der Waals surface area contributed by atoms with Gasteiger partial charge in [0.1, 0.15) is 5.82 Å². The van der Waals surface area contributed by atoms with Crippen molar-refractivity contribution in [2.24, 2.45) is 0 Å². The summed E-state index contributed by atoms with van der Waals surface area (Å²) in [6.45, 7) is 2.02. The second kappa shape index (κ2) is 6.87. The van der Waals surface area contributed by atoms with Crippen LogP contribution in [0.2, 0.25) is 0 Å². The Hall–Kier alpha value is -3.28. The summed E-state index contributed by atoms with van der Waals surface area (Å²) in [6, 6.07) is 12.2. The third kappa shape index (κ3) is 3.55. The van der Waals surface area contributed by atoms with E-state index in [4.69, 9.17) is 5.11 Å². The van der Waals surface area contributed by atoms with E-state index in [2.05, 4.69) is 20.3 Å². The third-order valence-electron chi connectivity index (χ3n) is 3.44. The average molecular weight is 320 g/mol. The maximum atomic E-state index is 11.1. The lowest BCUT2D eigenvalue weighted by molar-refractivity contribution is 0.0697. The number of carboxylic acids is 1. The molecule has 0 spiro atoms. The molecule has 3 rings (SSSR count). The summed E-state index contributed by atoms with van der Waals surface area (Å²) in [4.78, 5) is 24.2. The van der Waals surface area contributed by atoms with E-state index >= 15 is 0 Å². The second-order valence-corrected chi connectivity index (χ2v) is 5.17. The Morgan fingerprint density at radius 3 is 2.75 bits per heavy atom. The van der Waals surface area contributed by atoms with Crippen LogP contribution in [0.1, 0.15) is 23.0 Å². The Labute approximate surface area is 139 Å². The third-order valence-corrected chi connectivity index (χ3v) is 3.44. The highest BCUT2D eigenvalue weighted by Gasteiger charge is 2.08. The van der Waals surface area contributed by atoms with Crippen molar-refractivity contribution in [2.45, 2.75) is 13.3 Å². The van der Waals surface area contributed by atoms with Gasteiger partial charge in [0.25, 0.3) is 0 Å². The van der Waals surface area contributed by atoms with Crippen molar-refractivity contribution in [3.8, 4) is 11.4 Å². The van der Waals surface area contributed by atoms with E-state index in [9.17, 15) is 4.79 Å². The SMILES string of the molecule is CCc1cc(Nc2cccc(C(=O)O)c2)nc(-c2cccnc2)n1. The number of hydrogen-bond donors (Lipinski definition) is 2. The minimum atomic E-state index is -0.966. The van der Waals surface area contributed by atoms with Gasteiger partial charge >= 0.3 is 5.97 Å². The lowest BCUT2D eigenvalue weighted by Gasteiger charge is -2.10. The van der Waals surface area contributed by atoms with Crippen LogP contribution in [-0.2, 0) is 6.42 Å². The van der Waals surface area contributed by atoms with Crippen molar-refractivity contribution in [3.63, 3.8) is 0 Å². The van der Waals surface area contributed by atoms with Crippen molar-refractivity contribution in [1.82, 2.24) is 15.0 Å². The number of nitrogens with one attached hydrogen (secondary N) is 1. The Bertz CT molecular complexity index is 866. The molecule has 0 fully saturated rings. The number of nitrogens with zero attached hydrogens (tertiary/aromatic N) is 3. The number of rotatable bonds is 5. The molecule has 0 saturated heterocycles. The number of pyridine rings is 1. The van der Waals surface area contributed by atoms with Crippen LogP contribution in [0.15, 0.2) is 54.9 Å². The average Bonchev–Trinajstić information content (AvgIpc) is 2.62. The molecule has 0 aliphatic heterocycles. The number of benzene rings is 1. The van der Waals surface area contributed by atoms with Crippen LogP contribution in [0.5, 0.6) is 0 Å². The first kappa shape index (κ1) is 15.6. The summed E-state index contributed by atoms with van der Waals surface area (Å²) < 4.78 is 0. The fourth-order valence-electron chi connectivity index (χ4n) is 2.24. The van der Waals surface area contributed by atoms with Gasteiger partial charge < -0.3 is 10.4 Å². The summed E-state index contributed by atoms with van der Waals surface area (Å²) in [5.41, 5.74) is 2.60. The maximum absolute atomic E-state index is 11.1. The molecular weight excluding hydrogens is 304 g/mol. The van der Waals surface area contributed by atoms with E-state index in [0.717, 1.165) is 17.7 Å². The first-order valence-electron chi connectivity index (χ1n) is 7.54. The predicted molar refractivity (Wildman–Crippen MR) is 91.3 cm³/mol. The fraction of sp³-hybridized carbons (Fsp3) is 0.111. The molecule has 2 aromatic heterocycles. The molecular formula is C18H16N4O2. The summed E-state index contributed by atoms with van der Waals surface area (Å²) in [5.74, 6) is 0.231. The molecule has 24 heavy (non-hydrogen) atoms. The first-order valence-corrected chi connectivity index (χ1v) is 7.54.